The predicted octanol–water partition coefficient (Wildman–Crippen LogP) is 5.15. The number of hydrogen-bond acceptors (Lipinski definition) is 5. The minimum atomic E-state index is -0.130. The largest absolute Gasteiger partial charge is 0.466 e. The molecule has 6 heteroatoms. The van der Waals surface area contributed by atoms with Crippen molar-refractivity contribution in [2.24, 2.45) is 5.92 Å². The standard InChI is InChI=1S/C27H28N4O2/c1-3-33-27(32)22-10-7-15-30(18-22)26-17-23(20-8-5-4-6-9-20)28-25-16-24(29-31(25)26)21-13-11-19(2)12-14-21/h4-6,8-9,11-14,16-17,22H,3,7,10,15,18H2,1-2H3/t22-/m1/s1. The van der Waals surface area contributed by atoms with Gasteiger partial charge in [-0.1, -0.05) is 60.2 Å². The Labute approximate surface area is 193 Å². The van der Waals surface area contributed by atoms with Crippen LogP contribution in [0, 0.1) is 12.8 Å². The molecule has 0 N–H and O–H groups in total. The lowest BCUT2D eigenvalue weighted by Gasteiger charge is -2.33. The fourth-order valence-electron chi connectivity index (χ4n) is 4.44. The van der Waals surface area contributed by atoms with Crippen LogP contribution in [-0.2, 0) is 9.53 Å². The van der Waals surface area contributed by atoms with Crippen LogP contribution in [-0.4, -0.2) is 40.3 Å². The molecule has 1 saturated heterocycles. The van der Waals surface area contributed by atoms with Gasteiger partial charge in [-0.05, 0) is 26.7 Å². The Balaban J connectivity index is 1.60. The fraction of sp³-hybridized carbons (Fsp3) is 0.296. The third-order valence-electron chi connectivity index (χ3n) is 6.19. The van der Waals surface area contributed by atoms with Crippen LogP contribution in [0.4, 0.5) is 5.82 Å². The van der Waals surface area contributed by atoms with E-state index < -0.39 is 0 Å². The van der Waals surface area contributed by atoms with Gasteiger partial charge >= 0.3 is 5.97 Å². The highest BCUT2D eigenvalue weighted by atomic mass is 16.5. The average Bonchev–Trinajstić information content (AvgIpc) is 3.29. The van der Waals surface area contributed by atoms with Gasteiger partial charge in [0.15, 0.2) is 5.65 Å². The van der Waals surface area contributed by atoms with Crippen molar-refractivity contribution in [3.63, 3.8) is 0 Å². The van der Waals surface area contributed by atoms with Crippen molar-refractivity contribution in [1.29, 1.82) is 0 Å². The summed E-state index contributed by atoms with van der Waals surface area (Å²) in [6, 6.07) is 22.7. The van der Waals surface area contributed by atoms with Crippen molar-refractivity contribution in [3.8, 4) is 22.5 Å². The van der Waals surface area contributed by atoms with E-state index in [0.29, 0.717) is 13.2 Å². The highest BCUT2D eigenvalue weighted by Gasteiger charge is 2.29. The Morgan fingerprint density at radius 3 is 2.55 bits per heavy atom. The van der Waals surface area contributed by atoms with Gasteiger partial charge in [0.05, 0.1) is 23.9 Å². The van der Waals surface area contributed by atoms with E-state index in [0.717, 1.165) is 53.4 Å². The number of aryl methyl sites for hydroxylation is 1. The van der Waals surface area contributed by atoms with Crippen LogP contribution in [0.25, 0.3) is 28.2 Å². The number of ether oxygens (including phenoxy) is 1. The van der Waals surface area contributed by atoms with Gasteiger partial charge in [-0.3, -0.25) is 4.79 Å². The maximum Gasteiger partial charge on any atom is 0.310 e. The lowest BCUT2D eigenvalue weighted by Crippen LogP contribution is -2.40. The molecule has 4 aromatic rings. The summed E-state index contributed by atoms with van der Waals surface area (Å²) >= 11 is 0. The Hall–Kier alpha value is -3.67. The summed E-state index contributed by atoms with van der Waals surface area (Å²) in [5, 5.41) is 4.93. The number of carbonyl (C=O) groups excluding carboxylic acids is 1. The molecule has 33 heavy (non-hydrogen) atoms. The van der Waals surface area contributed by atoms with E-state index in [1.165, 1.54) is 5.56 Å². The first-order valence-electron chi connectivity index (χ1n) is 11.6. The molecule has 0 unspecified atom stereocenters. The molecule has 0 spiro atoms. The third kappa shape index (κ3) is 4.33. The number of rotatable bonds is 5. The first kappa shape index (κ1) is 21.2. The normalized spacial score (nSPS) is 16.2. The fourth-order valence-corrected chi connectivity index (χ4v) is 4.44. The zero-order chi connectivity index (χ0) is 22.8. The second-order valence-corrected chi connectivity index (χ2v) is 8.57. The SMILES string of the molecule is CCOC(=O)[C@@H]1CCCN(c2cc(-c3ccccc3)nc3cc(-c4ccc(C)cc4)nn23)C1. The molecule has 5 rings (SSSR count). The van der Waals surface area contributed by atoms with Gasteiger partial charge in [-0.2, -0.15) is 9.61 Å². The molecule has 168 valence electrons. The number of carbonyl (C=O) groups is 1. The maximum atomic E-state index is 12.5. The topological polar surface area (TPSA) is 59.7 Å². The van der Waals surface area contributed by atoms with Crippen LogP contribution in [0.2, 0.25) is 0 Å². The minimum absolute atomic E-state index is 0.114. The number of aromatic nitrogens is 3. The number of piperidine rings is 1. The van der Waals surface area contributed by atoms with Gasteiger partial charge in [0.2, 0.25) is 0 Å². The van der Waals surface area contributed by atoms with Gasteiger partial charge < -0.3 is 9.64 Å². The van der Waals surface area contributed by atoms with Crippen LogP contribution >= 0.6 is 0 Å². The van der Waals surface area contributed by atoms with E-state index in [1.54, 1.807) is 0 Å². The summed E-state index contributed by atoms with van der Waals surface area (Å²) < 4.78 is 7.23. The smallest absolute Gasteiger partial charge is 0.310 e. The molecule has 0 aliphatic carbocycles. The molecule has 1 aliphatic heterocycles. The molecular formula is C27H28N4O2. The number of nitrogens with zero attached hydrogens (tertiary/aromatic N) is 4. The third-order valence-corrected chi connectivity index (χ3v) is 6.19. The number of esters is 1. The summed E-state index contributed by atoms with van der Waals surface area (Å²) in [5.41, 5.74) is 5.89. The Kier molecular flexibility index (Phi) is 5.82. The Bertz CT molecular complexity index is 1260. The van der Waals surface area contributed by atoms with E-state index in [9.17, 15) is 4.79 Å². The van der Waals surface area contributed by atoms with Crippen molar-refractivity contribution in [1.82, 2.24) is 14.6 Å². The molecule has 6 nitrogen and oxygen atoms in total. The van der Waals surface area contributed by atoms with Crippen molar-refractivity contribution in [3.05, 3.63) is 72.3 Å². The van der Waals surface area contributed by atoms with E-state index in [2.05, 4.69) is 54.3 Å². The van der Waals surface area contributed by atoms with Gasteiger partial charge in [0.1, 0.15) is 5.82 Å². The van der Waals surface area contributed by atoms with Gasteiger partial charge in [0.25, 0.3) is 0 Å². The van der Waals surface area contributed by atoms with Crippen LogP contribution in [0.15, 0.2) is 66.7 Å². The lowest BCUT2D eigenvalue weighted by atomic mass is 9.98. The van der Waals surface area contributed by atoms with Crippen molar-refractivity contribution in [2.75, 3.05) is 24.6 Å². The summed E-state index contributed by atoms with van der Waals surface area (Å²) in [6.45, 7) is 5.82. The highest BCUT2D eigenvalue weighted by Crippen LogP contribution is 2.30. The van der Waals surface area contributed by atoms with Crippen LogP contribution in [0.5, 0.6) is 0 Å². The molecule has 0 bridgehead atoms. The molecule has 1 fully saturated rings. The van der Waals surface area contributed by atoms with Crippen molar-refractivity contribution >= 4 is 17.4 Å². The summed E-state index contributed by atoms with van der Waals surface area (Å²) in [7, 11) is 0. The molecule has 1 atom stereocenters. The van der Waals surface area contributed by atoms with E-state index in [4.69, 9.17) is 14.8 Å². The summed E-state index contributed by atoms with van der Waals surface area (Å²) in [5.74, 6) is 0.706. The monoisotopic (exact) mass is 440 g/mol. The Morgan fingerprint density at radius 1 is 1.03 bits per heavy atom. The number of hydrogen-bond donors (Lipinski definition) is 0. The summed E-state index contributed by atoms with van der Waals surface area (Å²) in [6.07, 6.45) is 1.78. The first-order valence-corrected chi connectivity index (χ1v) is 11.6. The molecule has 0 amide bonds. The zero-order valence-electron chi connectivity index (χ0n) is 19.1. The van der Waals surface area contributed by atoms with Gasteiger partial charge in [0, 0.05) is 36.3 Å². The second kappa shape index (κ2) is 9.06. The van der Waals surface area contributed by atoms with Crippen LogP contribution in [0.1, 0.15) is 25.3 Å². The zero-order valence-corrected chi connectivity index (χ0v) is 19.1. The number of fused-ring (bicyclic) bond motifs is 1. The quantitative estimate of drug-likeness (QED) is 0.402. The second-order valence-electron chi connectivity index (χ2n) is 8.57. The molecular weight excluding hydrogens is 412 g/mol. The van der Waals surface area contributed by atoms with Crippen LogP contribution < -0.4 is 4.90 Å². The van der Waals surface area contributed by atoms with Crippen molar-refractivity contribution < 1.29 is 9.53 Å². The van der Waals surface area contributed by atoms with Gasteiger partial charge in [-0.15, -0.1) is 0 Å². The predicted molar refractivity (Wildman–Crippen MR) is 130 cm³/mol. The number of anilines is 1. The lowest BCUT2D eigenvalue weighted by molar-refractivity contribution is -0.148. The summed E-state index contributed by atoms with van der Waals surface area (Å²) in [4.78, 5) is 19.6. The van der Waals surface area contributed by atoms with E-state index in [1.807, 2.05) is 35.7 Å². The highest BCUT2D eigenvalue weighted by molar-refractivity contribution is 5.75. The molecule has 1 aliphatic rings. The molecule has 3 heterocycles. The average molecular weight is 441 g/mol. The van der Waals surface area contributed by atoms with E-state index >= 15 is 0 Å². The minimum Gasteiger partial charge on any atom is -0.466 e. The number of benzene rings is 2. The van der Waals surface area contributed by atoms with E-state index in [-0.39, 0.29) is 11.9 Å². The van der Waals surface area contributed by atoms with Crippen LogP contribution in [0.3, 0.4) is 0 Å². The first-order chi connectivity index (χ1) is 16.1. The van der Waals surface area contributed by atoms with Crippen molar-refractivity contribution in [2.45, 2.75) is 26.7 Å². The van der Waals surface area contributed by atoms with Gasteiger partial charge in [-0.25, -0.2) is 4.98 Å². The molecule has 2 aromatic heterocycles. The Morgan fingerprint density at radius 2 is 1.79 bits per heavy atom. The molecule has 0 saturated carbocycles. The molecule has 2 aromatic carbocycles. The maximum absolute atomic E-state index is 12.5. The molecule has 0 radical (unpaired) electrons.